The molecule has 0 aromatic heterocycles. The molecule has 1 fully saturated rings. The van der Waals surface area contributed by atoms with Gasteiger partial charge >= 0.3 is 5.97 Å². The number of likely N-dealkylation sites (N-methyl/N-ethyl adjacent to an activating group) is 1. The van der Waals surface area contributed by atoms with Crippen LogP contribution in [0.15, 0.2) is 12.2 Å². The molecule has 0 bridgehead atoms. The number of hydrogen-bond acceptors (Lipinski definition) is 10. The second kappa shape index (κ2) is 11.8. The van der Waals surface area contributed by atoms with E-state index in [1.54, 1.807) is 39.8 Å². The summed E-state index contributed by atoms with van der Waals surface area (Å²) in [5, 5.41) is 42.5. The molecule has 4 N–H and O–H groups in total. The number of nitrogens with zero attached hydrogens (tertiary/aromatic N) is 1. The fourth-order valence-electron chi connectivity index (χ4n) is 5.03. The van der Waals surface area contributed by atoms with Crippen LogP contribution in [0.1, 0.15) is 48.0 Å². The first-order valence-electron chi connectivity index (χ1n) is 12.3. The molecular weight excluding hydrogens is 458 g/mol. The molecule has 10 nitrogen and oxygen atoms in total. The SMILES string of the molecule is C[C@@H]1C[C@H](C)[C@H](O[C@H]2O[C@H](C)[C@@H](O)[C@H](N(C)C)[C@H]2O)[C@@H](C)C(=O)O[C@H]([C@@H](C)O)[C@@](C)(O)/C=C/C1=O. The normalized spacial score (nSPS) is 45.9. The number of aliphatic hydroxyl groups excluding tert-OH is 3. The van der Waals surface area contributed by atoms with E-state index in [4.69, 9.17) is 14.2 Å². The van der Waals surface area contributed by atoms with Crippen molar-refractivity contribution in [3.8, 4) is 0 Å². The minimum Gasteiger partial charge on any atom is -0.456 e. The Morgan fingerprint density at radius 2 is 1.74 bits per heavy atom. The lowest BCUT2D eigenvalue weighted by atomic mass is 9.83. The number of esters is 1. The molecule has 0 radical (unpaired) electrons. The van der Waals surface area contributed by atoms with Crippen molar-refractivity contribution in [1.82, 2.24) is 4.90 Å². The highest BCUT2D eigenvalue weighted by atomic mass is 16.7. The third-order valence-electron chi connectivity index (χ3n) is 7.17. The van der Waals surface area contributed by atoms with Crippen molar-refractivity contribution >= 4 is 11.8 Å². The summed E-state index contributed by atoms with van der Waals surface area (Å²) in [6, 6.07) is -0.659. The lowest BCUT2D eigenvalue weighted by molar-refractivity contribution is -0.301. The fraction of sp³-hybridized carbons (Fsp3) is 0.840. The van der Waals surface area contributed by atoms with E-state index in [-0.39, 0.29) is 11.7 Å². The van der Waals surface area contributed by atoms with Gasteiger partial charge in [0.15, 0.2) is 18.2 Å². The Hall–Kier alpha value is -1.40. The molecule has 0 amide bonds. The van der Waals surface area contributed by atoms with E-state index in [1.807, 2.05) is 6.92 Å². The van der Waals surface area contributed by atoms with E-state index in [2.05, 4.69) is 0 Å². The Morgan fingerprint density at radius 3 is 2.29 bits per heavy atom. The standard InChI is InChI=1S/C25H43NO9/c1-12-11-13(2)21(34-24-20(30)18(26(7)8)19(29)16(5)33-24)14(3)23(31)35-22(15(4)27)25(6,32)10-9-17(12)28/h9-10,12-16,18-22,24,27,29-30,32H,11H2,1-8H3/b10-9+/t12-,13+,14-,15-,16-,18+,19-,20-,21+,22-,24-,25+/m1/s1. The summed E-state index contributed by atoms with van der Waals surface area (Å²) < 4.78 is 17.5. The highest BCUT2D eigenvalue weighted by Gasteiger charge is 2.47. The smallest absolute Gasteiger partial charge is 0.311 e. The van der Waals surface area contributed by atoms with Gasteiger partial charge in [0.1, 0.15) is 11.7 Å². The number of aliphatic hydroxyl groups is 4. The average Bonchev–Trinajstić information content (AvgIpc) is 2.75. The Kier molecular flexibility index (Phi) is 10.0. The summed E-state index contributed by atoms with van der Waals surface area (Å²) in [6.07, 6.45) is -4.44. The maximum absolute atomic E-state index is 13.2. The Morgan fingerprint density at radius 1 is 1.14 bits per heavy atom. The Labute approximate surface area is 207 Å². The molecule has 0 unspecified atom stereocenters. The molecule has 0 aliphatic carbocycles. The zero-order valence-corrected chi connectivity index (χ0v) is 22.0. The summed E-state index contributed by atoms with van der Waals surface area (Å²) in [5.41, 5.74) is -1.78. The highest BCUT2D eigenvalue weighted by Crippen LogP contribution is 2.32. The third kappa shape index (κ3) is 6.88. The maximum Gasteiger partial charge on any atom is 0.311 e. The van der Waals surface area contributed by atoms with Crippen molar-refractivity contribution in [1.29, 1.82) is 0 Å². The van der Waals surface area contributed by atoms with Gasteiger partial charge in [-0.15, -0.1) is 0 Å². The van der Waals surface area contributed by atoms with E-state index in [0.717, 1.165) is 0 Å². The van der Waals surface area contributed by atoms with Crippen LogP contribution in [-0.2, 0) is 23.8 Å². The molecule has 2 rings (SSSR count). The summed E-state index contributed by atoms with van der Waals surface area (Å²) in [5.74, 6) is -2.58. The van der Waals surface area contributed by atoms with Gasteiger partial charge in [-0.2, -0.15) is 0 Å². The monoisotopic (exact) mass is 501 g/mol. The van der Waals surface area contributed by atoms with E-state index in [1.165, 1.54) is 26.0 Å². The fourth-order valence-corrected chi connectivity index (χ4v) is 5.03. The van der Waals surface area contributed by atoms with Gasteiger partial charge in [-0.05, 0) is 66.3 Å². The van der Waals surface area contributed by atoms with Crippen molar-refractivity contribution in [3.05, 3.63) is 12.2 Å². The number of hydrogen-bond donors (Lipinski definition) is 4. The number of carbonyl (C=O) groups excluding carboxylic acids is 2. The number of carbonyl (C=O) groups is 2. The minimum absolute atomic E-state index is 0.224. The van der Waals surface area contributed by atoms with Crippen LogP contribution >= 0.6 is 0 Å². The number of ketones is 1. The molecule has 35 heavy (non-hydrogen) atoms. The summed E-state index contributed by atoms with van der Waals surface area (Å²) in [4.78, 5) is 27.6. The van der Waals surface area contributed by atoms with Gasteiger partial charge in [-0.3, -0.25) is 9.59 Å². The molecule has 0 spiro atoms. The van der Waals surface area contributed by atoms with Gasteiger partial charge in [0.05, 0.1) is 36.4 Å². The minimum atomic E-state index is -1.78. The first-order chi connectivity index (χ1) is 16.1. The van der Waals surface area contributed by atoms with Crippen molar-refractivity contribution in [2.24, 2.45) is 17.8 Å². The molecule has 2 aliphatic rings. The molecule has 0 aromatic rings. The first kappa shape index (κ1) is 29.8. The second-order valence-electron chi connectivity index (χ2n) is 10.7. The zero-order valence-electron chi connectivity index (χ0n) is 22.0. The summed E-state index contributed by atoms with van der Waals surface area (Å²) >= 11 is 0. The molecule has 10 heteroatoms. The van der Waals surface area contributed by atoms with Gasteiger partial charge in [0.2, 0.25) is 0 Å². The van der Waals surface area contributed by atoms with Gasteiger partial charge in [-0.1, -0.05) is 13.8 Å². The number of allylic oxidation sites excluding steroid dienone is 1. The predicted octanol–water partition coefficient (Wildman–Crippen LogP) is 0.249. The van der Waals surface area contributed by atoms with Crippen molar-refractivity contribution in [3.63, 3.8) is 0 Å². The number of rotatable bonds is 4. The predicted molar refractivity (Wildman–Crippen MR) is 127 cm³/mol. The maximum atomic E-state index is 13.2. The molecule has 2 heterocycles. The van der Waals surface area contributed by atoms with Crippen LogP contribution in [0.5, 0.6) is 0 Å². The average molecular weight is 502 g/mol. The van der Waals surface area contributed by atoms with Crippen LogP contribution in [0.4, 0.5) is 0 Å². The van der Waals surface area contributed by atoms with Gasteiger partial charge in [-0.25, -0.2) is 0 Å². The van der Waals surface area contributed by atoms with Crippen LogP contribution in [0.25, 0.3) is 0 Å². The van der Waals surface area contributed by atoms with Crippen LogP contribution < -0.4 is 0 Å². The van der Waals surface area contributed by atoms with Crippen molar-refractivity contribution in [2.75, 3.05) is 14.1 Å². The lowest BCUT2D eigenvalue weighted by Crippen LogP contribution is -2.63. The van der Waals surface area contributed by atoms with E-state index >= 15 is 0 Å². The molecular formula is C25H43NO9. The molecule has 1 saturated heterocycles. The van der Waals surface area contributed by atoms with Crippen LogP contribution in [0, 0.1) is 17.8 Å². The summed E-state index contributed by atoms with van der Waals surface area (Å²) in [6.45, 7) is 9.61. The van der Waals surface area contributed by atoms with Crippen LogP contribution in [-0.4, -0.2) is 106 Å². The van der Waals surface area contributed by atoms with Crippen LogP contribution in [0.2, 0.25) is 0 Å². The zero-order chi connectivity index (χ0) is 26.8. The summed E-state index contributed by atoms with van der Waals surface area (Å²) in [7, 11) is 3.46. The van der Waals surface area contributed by atoms with Crippen molar-refractivity contribution < 1.29 is 44.2 Å². The van der Waals surface area contributed by atoms with Gasteiger partial charge in [0, 0.05) is 5.92 Å². The quantitative estimate of drug-likeness (QED) is 0.395. The molecule has 0 saturated carbocycles. The Balaban J connectivity index is 2.42. The van der Waals surface area contributed by atoms with Gasteiger partial charge in [0.25, 0.3) is 0 Å². The van der Waals surface area contributed by atoms with Crippen molar-refractivity contribution in [2.45, 2.75) is 103 Å². The van der Waals surface area contributed by atoms with E-state index in [9.17, 15) is 30.0 Å². The number of cyclic esters (lactones) is 1. The topological polar surface area (TPSA) is 146 Å². The van der Waals surface area contributed by atoms with E-state index in [0.29, 0.717) is 6.42 Å². The largest absolute Gasteiger partial charge is 0.456 e. The Bertz CT molecular complexity index is 768. The first-order valence-corrected chi connectivity index (χ1v) is 12.3. The molecule has 0 aromatic carbocycles. The van der Waals surface area contributed by atoms with Crippen LogP contribution in [0.3, 0.4) is 0 Å². The number of ether oxygens (including phenoxy) is 3. The molecule has 202 valence electrons. The third-order valence-corrected chi connectivity index (χ3v) is 7.17. The lowest BCUT2D eigenvalue weighted by Gasteiger charge is -2.46. The van der Waals surface area contributed by atoms with Gasteiger partial charge < -0.3 is 39.5 Å². The second-order valence-corrected chi connectivity index (χ2v) is 10.7. The van der Waals surface area contributed by atoms with E-state index < -0.39 is 72.4 Å². The molecule has 12 atom stereocenters. The highest BCUT2D eigenvalue weighted by molar-refractivity contribution is 5.91. The molecule has 2 aliphatic heterocycles.